The zero-order chi connectivity index (χ0) is 18.6. The highest BCUT2D eigenvalue weighted by Crippen LogP contribution is 2.24. The molecule has 2 rings (SSSR count). The van der Waals surface area contributed by atoms with E-state index in [1.54, 1.807) is 5.01 Å². The summed E-state index contributed by atoms with van der Waals surface area (Å²) in [4.78, 5) is 0. The molecular weight excluding hydrogens is 324 g/mol. The summed E-state index contributed by atoms with van der Waals surface area (Å²) in [5, 5.41) is 11.7. The molecule has 0 saturated heterocycles. The first-order chi connectivity index (χ1) is 12.7. The largest absolute Gasteiger partial charge is 0.491 e. The minimum Gasteiger partial charge on any atom is -0.491 e. The molecule has 0 aromatic heterocycles. The molecule has 0 aliphatic rings. The first-order valence-corrected chi connectivity index (χ1v) is 9.71. The lowest BCUT2D eigenvalue weighted by atomic mass is 10.1. The number of benzene rings is 2. The van der Waals surface area contributed by atoms with Crippen LogP contribution in [0.4, 0.5) is 11.4 Å². The normalized spacial score (nSPS) is 12.0. The van der Waals surface area contributed by atoms with Crippen molar-refractivity contribution in [2.24, 2.45) is 5.84 Å². The fourth-order valence-corrected chi connectivity index (χ4v) is 2.88. The number of hydrazine groups is 1. The Morgan fingerprint density at radius 2 is 1.50 bits per heavy atom. The Morgan fingerprint density at radius 1 is 0.885 bits per heavy atom. The highest BCUT2D eigenvalue weighted by Gasteiger charge is 2.07. The van der Waals surface area contributed by atoms with Gasteiger partial charge in [0.05, 0.1) is 17.5 Å². The van der Waals surface area contributed by atoms with E-state index >= 15 is 0 Å². The maximum Gasteiger partial charge on any atom is 0.119 e. The van der Waals surface area contributed by atoms with Crippen LogP contribution in [-0.4, -0.2) is 17.8 Å². The van der Waals surface area contributed by atoms with Crippen LogP contribution >= 0.6 is 0 Å². The number of hydrogen-bond acceptors (Lipinski definition) is 4. The van der Waals surface area contributed by atoms with Crippen LogP contribution in [-0.2, 0) is 0 Å². The lowest BCUT2D eigenvalue weighted by Gasteiger charge is -2.19. The molecule has 0 saturated carbocycles. The molecule has 1 unspecified atom stereocenters. The number of anilines is 2. The molecule has 0 fully saturated rings. The van der Waals surface area contributed by atoms with Crippen molar-refractivity contribution in [1.29, 1.82) is 0 Å². The van der Waals surface area contributed by atoms with Crippen LogP contribution in [0.1, 0.15) is 51.9 Å². The van der Waals surface area contributed by atoms with E-state index in [-0.39, 0.29) is 0 Å². The molecule has 0 aliphatic heterocycles. The summed E-state index contributed by atoms with van der Waals surface area (Å²) < 4.78 is 5.69. The fraction of sp³-hybridized carbons (Fsp3) is 0.455. The van der Waals surface area contributed by atoms with Crippen LogP contribution < -0.4 is 15.6 Å². The van der Waals surface area contributed by atoms with Crippen LogP contribution in [0.25, 0.3) is 0 Å². The van der Waals surface area contributed by atoms with Gasteiger partial charge in [0.15, 0.2) is 0 Å². The third-order valence-electron chi connectivity index (χ3n) is 4.48. The first kappa shape index (κ1) is 20.3. The highest BCUT2D eigenvalue weighted by atomic mass is 16.5. The van der Waals surface area contributed by atoms with Gasteiger partial charge in [0, 0.05) is 0 Å². The Kier molecular flexibility index (Phi) is 9.01. The van der Waals surface area contributed by atoms with Crippen molar-refractivity contribution in [2.45, 2.75) is 58.0 Å². The second-order valence-corrected chi connectivity index (χ2v) is 6.72. The van der Waals surface area contributed by atoms with Gasteiger partial charge in [-0.1, -0.05) is 63.6 Å². The third-order valence-corrected chi connectivity index (χ3v) is 4.48. The monoisotopic (exact) mass is 356 g/mol. The summed E-state index contributed by atoms with van der Waals surface area (Å²) in [5.41, 5.74) is 1.81. The second kappa shape index (κ2) is 11.6. The first-order valence-electron chi connectivity index (χ1n) is 9.71. The molecule has 3 N–H and O–H groups in total. The van der Waals surface area contributed by atoms with E-state index < -0.39 is 6.10 Å². The average Bonchev–Trinajstić information content (AvgIpc) is 2.69. The van der Waals surface area contributed by atoms with Crippen LogP contribution in [0.2, 0.25) is 0 Å². The minimum atomic E-state index is -0.406. The third kappa shape index (κ3) is 7.06. The number of nitrogens with zero attached hydrogens (tertiary/aromatic N) is 1. The van der Waals surface area contributed by atoms with Gasteiger partial charge >= 0.3 is 0 Å². The van der Waals surface area contributed by atoms with Crippen molar-refractivity contribution in [1.82, 2.24) is 0 Å². The topological polar surface area (TPSA) is 58.7 Å². The van der Waals surface area contributed by atoms with Gasteiger partial charge in [0.25, 0.3) is 0 Å². The van der Waals surface area contributed by atoms with E-state index in [2.05, 4.69) is 6.92 Å². The number of nitrogens with two attached hydrogens (primary N) is 1. The molecule has 0 radical (unpaired) electrons. The zero-order valence-corrected chi connectivity index (χ0v) is 15.8. The lowest BCUT2D eigenvalue weighted by molar-refractivity contribution is 0.0975. The summed E-state index contributed by atoms with van der Waals surface area (Å²) >= 11 is 0. The quantitative estimate of drug-likeness (QED) is 0.312. The van der Waals surface area contributed by atoms with Crippen molar-refractivity contribution < 1.29 is 9.84 Å². The number of aliphatic hydroxyl groups is 1. The summed E-state index contributed by atoms with van der Waals surface area (Å²) in [5.74, 6) is 6.89. The number of rotatable bonds is 12. The summed E-state index contributed by atoms with van der Waals surface area (Å²) in [6.07, 6.45) is 7.79. The van der Waals surface area contributed by atoms with E-state index in [0.717, 1.165) is 30.0 Å². The van der Waals surface area contributed by atoms with Gasteiger partial charge in [0.2, 0.25) is 0 Å². The van der Waals surface area contributed by atoms with Gasteiger partial charge < -0.3 is 9.84 Å². The number of para-hydroxylation sites is 1. The summed E-state index contributed by atoms with van der Waals surface area (Å²) in [6.45, 7) is 2.56. The lowest BCUT2D eigenvalue weighted by Crippen LogP contribution is -2.24. The van der Waals surface area contributed by atoms with Gasteiger partial charge in [-0.15, -0.1) is 0 Å². The molecule has 0 aliphatic carbocycles. The molecule has 0 bridgehead atoms. The highest BCUT2D eigenvalue weighted by molar-refractivity contribution is 5.61. The van der Waals surface area contributed by atoms with E-state index in [4.69, 9.17) is 10.6 Å². The second-order valence-electron chi connectivity index (χ2n) is 6.72. The van der Waals surface area contributed by atoms with Gasteiger partial charge in [-0.2, -0.15) is 0 Å². The molecule has 1 atom stereocenters. The Morgan fingerprint density at radius 3 is 2.19 bits per heavy atom. The van der Waals surface area contributed by atoms with Crippen LogP contribution in [0.15, 0.2) is 54.6 Å². The molecule has 4 heteroatoms. The average molecular weight is 357 g/mol. The molecule has 0 heterocycles. The number of ether oxygens (including phenoxy) is 1. The van der Waals surface area contributed by atoms with Crippen molar-refractivity contribution in [3.8, 4) is 5.75 Å². The number of hydrogen-bond donors (Lipinski definition) is 2. The molecule has 0 spiro atoms. The molecule has 2 aromatic carbocycles. The SMILES string of the molecule is CCCCCCCCC(O)COc1ccc(N(N)c2ccccc2)cc1. The Bertz CT molecular complexity index is 601. The Hall–Kier alpha value is -2.04. The zero-order valence-electron chi connectivity index (χ0n) is 15.8. The molecule has 4 nitrogen and oxygen atoms in total. The van der Waals surface area contributed by atoms with Gasteiger partial charge in [0.1, 0.15) is 12.4 Å². The Labute approximate surface area is 157 Å². The molecule has 0 amide bonds. The maximum atomic E-state index is 10.1. The van der Waals surface area contributed by atoms with Gasteiger partial charge in [-0.25, -0.2) is 5.84 Å². The fourth-order valence-electron chi connectivity index (χ4n) is 2.88. The predicted molar refractivity (Wildman–Crippen MR) is 109 cm³/mol. The van der Waals surface area contributed by atoms with Crippen LogP contribution in [0.3, 0.4) is 0 Å². The standard InChI is InChI=1S/C22H32N2O2/c1-2-3-4-5-6-10-13-21(25)18-26-22-16-14-20(15-17-22)24(23)19-11-8-7-9-12-19/h7-9,11-12,14-17,21,25H,2-6,10,13,18,23H2,1H3. The van der Waals surface area contributed by atoms with Crippen LogP contribution in [0, 0.1) is 0 Å². The maximum absolute atomic E-state index is 10.1. The van der Waals surface area contributed by atoms with Gasteiger partial charge in [-0.3, -0.25) is 5.01 Å². The van der Waals surface area contributed by atoms with Gasteiger partial charge in [-0.05, 0) is 42.8 Å². The minimum absolute atomic E-state index is 0.333. The smallest absolute Gasteiger partial charge is 0.119 e. The predicted octanol–water partition coefficient (Wildman–Crippen LogP) is 5.19. The van der Waals surface area contributed by atoms with E-state index in [1.165, 1.54) is 32.1 Å². The van der Waals surface area contributed by atoms with Crippen molar-refractivity contribution in [2.75, 3.05) is 11.6 Å². The van der Waals surface area contributed by atoms with E-state index in [0.29, 0.717) is 6.61 Å². The summed E-state index contributed by atoms with van der Waals surface area (Å²) in [6, 6.07) is 17.4. The molecular formula is C22H32N2O2. The molecule has 26 heavy (non-hydrogen) atoms. The number of unbranched alkanes of at least 4 members (excludes halogenated alkanes) is 5. The summed E-state index contributed by atoms with van der Waals surface area (Å²) in [7, 11) is 0. The van der Waals surface area contributed by atoms with Crippen molar-refractivity contribution in [3.63, 3.8) is 0 Å². The van der Waals surface area contributed by atoms with Crippen molar-refractivity contribution >= 4 is 11.4 Å². The van der Waals surface area contributed by atoms with Crippen LogP contribution in [0.5, 0.6) is 5.75 Å². The molecule has 142 valence electrons. The number of aliphatic hydroxyl groups excluding tert-OH is 1. The molecule has 2 aromatic rings. The van der Waals surface area contributed by atoms with Crippen molar-refractivity contribution in [3.05, 3.63) is 54.6 Å². The van der Waals surface area contributed by atoms with E-state index in [1.807, 2.05) is 54.6 Å². The van der Waals surface area contributed by atoms with E-state index in [9.17, 15) is 5.11 Å². The Balaban J connectivity index is 1.70.